The van der Waals surface area contributed by atoms with Gasteiger partial charge in [-0.3, -0.25) is 9.89 Å². The average Bonchev–Trinajstić information content (AvgIpc) is 3.12. The Bertz CT molecular complexity index is 599. The van der Waals surface area contributed by atoms with Crippen molar-refractivity contribution in [3.63, 3.8) is 0 Å². The minimum absolute atomic E-state index is 0.0427. The fraction of sp³-hybridized carbons (Fsp3) is 0.682. The number of rotatable bonds is 6. The zero-order valence-corrected chi connectivity index (χ0v) is 17.3. The molecule has 1 aromatic rings. The van der Waals surface area contributed by atoms with E-state index in [1.54, 1.807) is 0 Å². The lowest BCUT2D eigenvalue weighted by Crippen LogP contribution is -2.47. The molecule has 0 aromatic heterocycles. The molecular weight excluding hydrogens is 336 g/mol. The van der Waals surface area contributed by atoms with Crippen LogP contribution < -0.4 is 10.6 Å². The van der Waals surface area contributed by atoms with E-state index in [-0.39, 0.29) is 5.60 Å². The van der Waals surface area contributed by atoms with Gasteiger partial charge < -0.3 is 15.4 Å². The molecule has 0 saturated carbocycles. The van der Waals surface area contributed by atoms with E-state index >= 15 is 0 Å². The highest BCUT2D eigenvalue weighted by molar-refractivity contribution is 5.79. The monoisotopic (exact) mass is 372 g/mol. The number of hydrogen-bond acceptors (Lipinski definition) is 3. The lowest BCUT2D eigenvalue weighted by atomic mass is 9.96. The lowest BCUT2D eigenvalue weighted by molar-refractivity contribution is 0.0242. The van der Waals surface area contributed by atoms with E-state index < -0.39 is 0 Å². The normalized spacial score (nSPS) is 24.9. The Kier molecular flexibility index (Phi) is 7.13. The molecule has 2 N–H and O–H groups in total. The summed E-state index contributed by atoms with van der Waals surface area (Å²) in [6.45, 7) is 10.5. The van der Waals surface area contributed by atoms with Crippen LogP contribution in [0.4, 0.5) is 0 Å². The largest absolute Gasteiger partial charge is 0.373 e. The zero-order chi connectivity index (χ0) is 19.1. The van der Waals surface area contributed by atoms with Crippen LogP contribution in [0.2, 0.25) is 0 Å². The van der Waals surface area contributed by atoms with Crippen LogP contribution in [-0.4, -0.2) is 56.3 Å². The topological polar surface area (TPSA) is 48.9 Å². The number of nitrogens with one attached hydrogen (secondary N) is 2. The van der Waals surface area contributed by atoms with Crippen LogP contribution in [0.5, 0.6) is 0 Å². The molecule has 1 unspecified atom stereocenters. The van der Waals surface area contributed by atoms with E-state index in [0.717, 1.165) is 51.0 Å². The fourth-order valence-corrected chi connectivity index (χ4v) is 4.01. The maximum atomic E-state index is 5.85. The minimum Gasteiger partial charge on any atom is -0.373 e. The summed E-state index contributed by atoms with van der Waals surface area (Å²) >= 11 is 0. The smallest absolute Gasteiger partial charge is 0.191 e. The molecule has 2 saturated heterocycles. The molecule has 27 heavy (non-hydrogen) atoms. The first-order valence-corrected chi connectivity index (χ1v) is 10.4. The van der Waals surface area contributed by atoms with Crippen LogP contribution in [0.15, 0.2) is 29.3 Å². The molecule has 2 aliphatic rings. The van der Waals surface area contributed by atoms with Gasteiger partial charge >= 0.3 is 0 Å². The highest BCUT2D eigenvalue weighted by Gasteiger charge is 2.29. The van der Waals surface area contributed by atoms with E-state index in [2.05, 4.69) is 58.6 Å². The Hall–Kier alpha value is -1.59. The number of piperidine rings is 1. The molecule has 150 valence electrons. The van der Waals surface area contributed by atoms with E-state index in [9.17, 15) is 0 Å². The molecule has 2 fully saturated rings. The van der Waals surface area contributed by atoms with Gasteiger partial charge in [-0.15, -0.1) is 0 Å². The summed E-state index contributed by atoms with van der Waals surface area (Å²) in [5.74, 6) is 1.62. The molecule has 1 atom stereocenters. The Morgan fingerprint density at radius 3 is 2.59 bits per heavy atom. The second-order valence-electron chi connectivity index (χ2n) is 8.41. The van der Waals surface area contributed by atoms with Gasteiger partial charge in [-0.25, -0.2) is 0 Å². The van der Waals surface area contributed by atoms with Crippen LogP contribution in [0.25, 0.3) is 0 Å². The van der Waals surface area contributed by atoms with Crippen LogP contribution >= 0.6 is 0 Å². The number of aliphatic imine (C=N–C) groups is 1. The molecule has 2 heterocycles. The van der Waals surface area contributed by atoms with E-state index in [1.807, 2.05) is 7.05 Å². The number of likely N-dealkylation sites (tertiary alicyclic amines) is 1. The minimum atomic E-state index is -0.0427. The van der Waals surface area contributed by atoms with Gasteiger partial charge in [-0.2, -0.15) is 0 Å². The maximum Gasteiger partial charge on any atom is 0.191 e. The van der Waals surface area contributed by atoms with Gasteiger partial charge in [0.25, 0.3) is 0 Å². The van der Waals surface area contributed by atoms with Crippen molar-refractivity contribution < 1.29 is 4.74 Å². The summed E-state index contributed by atoms with van der Waals surface area (Å²) in [5, 5.41) is 6.96. The highest BCUT2D eigenvalue weighted by Crippen LogP contribution is 2.24. The van der Waals surface area contributed by atoms with Gasteiger partial charge in [0.2, 0.25) is 0 Å². The summed E-state index contributed by atoms with van der Waals surface area (Å²) < 4.78 is 5.85. The third-order valence-electron chi connectivity index (χ3n) is 5.95. The predicted molar refractivity (Wildman–Crippen MR) is 112 cm³/mol. The molecule has 2 aliphatic heterocycles. The van der Waals surface area contributed by atoms with Crippen LogP contribution in [0.1, 0.15) is 43.7 Å². The summed E-state index contributed by atoms with van der Waals surface area (Å²) in [4.78, 5) is 6.95. The second-order valence-corrected chi connectivity index (χ2v) is 8.41. The van der Waals surface area contributed by atoms with Crippen molar-refractivity contribution in [2.75, 3.05) is 39.8 Å². The van der Waals surface area contributed by atoms with Gasteiger partial charge in [-0.05, 0) is 64.1 Å². The number of hydrogen-bond donors (Lipinski definition) is 2. The zero-order valence-electron chi connectivity index (χ0n) is 17.3. The third-order valence-corrected chi connectivity index (χ3v) is 5.95. The van der Waals surface area contributed by atoms with E-state index in [0.29, 0.717) is 0 Å². The van der Waals surface area contributed by atoms with Crippen LogP contribution in [0, 0.1) is 12.8 Å². The Balaban J connectivity index is 1.35. The number of guanidine groups is 1. The van der Waals surface area contributed by atoms with Crippen molar-refractivity contribution in [2.45, 2.75) is 51.7 Å². The first-order valence-electron chi connectivity index (χ1n) is 10.4. The van der Waals surface area contributed by atoms with Crippen molar-refractivity contribution in [3.8, 4) is 0 Å². The van der Waals surface area contributed by atoms with Gasteiger partial charge in [0.05, 0.1) is 5.60 Å². The second kappa shape index (κ2) is 9.56. The first kappa shape index (κ1) is 20.2. The van der Waals surface area contributed by atoms with Crippen molar-refractivity contribution in [3.05, 3.63) is 35.4 Å². The summed E-state index contributed by atoms with van der Waals surface area (Å²) in [6.07, 6.45) is 4.77. The number of benzene rings is 1. The quantitative estimate of drug-likeness (QED) is 0.595. The molecule has 0 aliphatic carbocycles. The molecule has 5 nitrogen and oxygen atoms in total. The molecule has 1 aromatic carbocycles. The Labute approximate surface area is 164 Å². The summed E-state index contributed by atoms with van der Waals surface area (Å²) in [7, 11) is 1.84. The molecular formula is C22H36N4O. The van der Waals surface area contributed by atoms with Gasteiger partial charge in [0.15, 0.2) is 5.96 Å². The van der Waals surface area contributed by atoms with Crippen molar-refractivity contribution in [1.29, 1.82) is 0 Å². The Morgan fingerprint density at radius 1 is 1.22 bits per heavy atom. The standard InChI is InChI=1S/C22H36N4O/c1-18-5-7-20(8-6-18)16-26-12-9-19(10-13-26)15-24-21(23-3)25-17-22(2)11-4-14-27-22/h5-8,19H,4,9-17H2,1-3H3,(H2,23,24,25). The SMILES string of the molecule is CN=C(NCC1CCN(Cc2ccc(C)cc2)CC1)NCC1(C)CCCO1. The fourth-order valence-electron chi connectivity index (χ4n) is 4.01. The van der Waals surface area contributed by atoms with Crippen LogP contribution in [-0.2, 0) is 11.3 Å². The van der Waals surface area contributed by atoms with E-state index in [1.165, 1.54) is 37.1 Å². The molecule has 0 amide bonds. The first-order chi connectivity index (χ1) is 13.1. The van der Waals surface area contributed by atoms with Crippen molar-refractivity contribution >= 4 is 5.96 Å². The number of nitrogens with zero attached hydrogens (tertiary/aromatic N) is 2. The van der Waals surface area contributed by atoms with Crippen molar-refractivity contribution in [1.82, 2.24) is 15.5 Å². The third kappa shape index (κ3) is 6.22. The van der Waals surface area contributed by atoms with Gasteiger partial charge in [-0.1, -0.05) is 29.8 Å². The average molecular weight is 373 g/mol. The number of ether oxygens (including phenoxy) is 1. The molecule has 0 bridgehead atoms. The summed E-state index contributed by atoms with van der Waals surface area (Å²) in [6, 6.07) is 8.93. The highest BCUT2D eigenvalue weighted by atomic mass is 16.5. The maximum absolute atomic E-state index is 5.85. The number of aryl methyl sites for hydroxylation is 1. The van der Waals surface area contributed by atoms with E-state index in [4.69, 9.17) is 4.74 Å². The van der Waals surface area contributed by atoms with Crippen molar-refractivity contribution in [2.24, 2.45) is 10.9 Å². The molecule has 0 spiro atoms. The lowest BCUT2D eigenvalue weighted by Gasteiger charge is -2.32. The van der Waals surface area contributed by atoms with Gasteiger partial charge in [0.1, 0.15) is 0 Å². The summed E-state index contributed by atoms with van der Waals surface area (Å²) in [5.41, 5.74) is 2.71. The molecule has 3 rings (SSSR count). The van der Waals surface area contributed by atoms with Crippen LogP contribution in [0.3, 0.4) is 0 Å². The Morgan fingerprint density at radius 2 is 1.96 bits per heavy atom. The molecule has 0 radical (unpaired) electrons. The van der Waals surface area contributed by atoms with Gasteiger partial charge in [0, 0.05) is 33.3 Å². The molecule has 5 heteroatoms. The predicted octanol–water partition coefficient (Wildman–Crippen LogP) is 2.94.